The summed E-state index contributed by atoms with van der Waals surface area (Å²) in [5, 5.41) is 10.3. The number of aromatic nitrogens is 1. The molecule has 3 unspecified atom stereocenters. The maximum atomic E-state index is 10.3. The lowest BCUT2D eigenvalue weighted by Gasteiger charge is -2.40. The summed E-state index contributed by atoms with van der Waals surface area (Å²) in [7, 11) is 0. The molecule has 19 heavy (non-hydrogen) atoms. The Balaban J connectivity index is 2.03. The van der Waals surface area contributed by atoms with Gasteiger partial charge in [0.15, 0.2) is 0 Å². The van der Waals surface area contributed by atoms with Gasteiger partial charge in [0.25, 0.3) is 0 Å². The van der Waals surface area contributed by atoms with Crippen LogP contribution in [0.15, 0.2) is 24.4 Å². The smallest absolute Gasteiger partial charge is 0.0695 e. The van der Waals surface area contributed by atoms with Gasteiger partial charge >= 0.3 is 0 Å². The summed E-state index contributed by atoms with van der Waals surface area (Å²) in [5.41, 5.74) is 1.09. The van der Waals surface area contributed by atoms with Crippen molar-refractivity contribution in [3.05, 3.63) is 30.1 Å². The Bertz CT molecular complexity index is 368. The lowest BCUT2D eigenvalue weighted by atomic mass is 9.81. The highest BCUT2D eigenvalue weighted by atomic mass is 16.3. The number of aliphatic hydroxyl groups is 1. The highest BCUT2D eigenvalue weighted by molar-refractivity contribution is 5.04. The zero-order chi connectivity index (χ0) is 13.7. The van der Waals surface area contributed by atoms with Gasteiger partial charge in [0.05, 0.1) is 11.8 Å². The SMILES string of the molecule is CCC1CCC(O)C(N(CC)Cc2ccccn2)C1. The molecule has 0 aliphatic heterocycles. The first-order valence-corrected chi connectivity index (χ1v) is 7.56. The fourth-order valence-corrected chi connectivity index (χ4v) is 3.14. The molecule has 1 aliphatic rings. The van der Waals surface area contributed by atoms with Crippen molar-refractivity contribution in [3.8, 4) is 0 Å². The topological polar surface area (TPSA) is 36.4 Å². The van der Waals surface area contributed by atoms with Crippen molar-refractivity contribution in [1.29, 1.82) is 0 Å². The van der Waals surface area contributed by atoms with Crippen LogP contribution in [-0.2, 0) is 6.54 Å². The third-order valence-electron chi connectivity index (χ3n) is 4.43. The van der Waals surface area contributed by atoms with Gasteiger partial charge in [-0.2, -0.15) is 0 Å². The first-order chi connectivity index (χ1) is 9.24. The Labute approximate surface area is 116 Å². The highest BCUT2D eigenvalue weighted by Gasteiger charge is 2.32. The summed E-state index contributed by atoms with van der Waals surface area (Å²) < 4.78 is 0. The molecule has 3 heteroatoms. The van der Waals surface area contributed by atoms with Crippen LogP contribution in [0.4, 0.5) is 0 Å². The molecule has 1 fully saturated rings. The van der Waals surface area contributed by atoms with E-state index in [0.717, 1.165) is 37.5 Å². The maximum absolute atomic E-state index is 10.3. The summed E-state index contributed by atoms with van der Waals surface area (Å²) >= 11 is 0. The van der Waals surface area contributed by atoms with Crippen LogP contribution in [0, 0.1) is 5.92 Å². The van der Waals surface area contributed by atoms with Gasteiger partial charge in [-0.1, -0.05) is 26.3 Å². The zero-order valence-corrected chi connectivity index (χ0v) is 12.1. The molecule has 0 spiro atoms. The van der Waals surface area contributed by atoms with Crippen LogP contribution in [0.5, 0.6) is 0 Å². The number of nitrogens with zero attached hydrogens (tertiary/aromatic N) is 2. The molecule has 1 aliphatic carbocycles. The second kappa shape index (κ2) is 7.01. The van der Waals surface area contributed by atoms with Crippen molar-refractivity contribution in [2.24, 2.45) is 5.92 Å². The molecule has 1 heterocycles. The van der Waals surface area contributed by atoms with E-state index in [1.807, 2.05) is 18.3 Å². The number of likely N-dealkylation sites (N-methyl/N-ethyl adjacent to an activating group) is 1. The minimum atomic E-state index is -0.175. The average Bonchev–Trinajstić information content (AvgIpc) is 2.47. The molecule has 0 aromatic carbocycles. The van der Waals surface area contributed by atoms with Gasteiger partial charge < -0.3 is 5.11 Å². The van der Waals surface area contributed by atoms with Gasteiger partial charge in [0.2, 0.25) is 0 Å². The fourth-order valence-electron chi connectivity index (χ4n) is 3.14. The molecule has 1 aromatic heterocycles. The molecule has 106 valence electrons. The number of rotatable bonds is 5. The van der Waals surface area contributed by atoms with Crippen LogP contribution in [-0.4, -0.2) is 33.7 Å². The molecule has 0 saturated heterocycles. The van der Waals surface area contributed by atoms with Crippen LogP contribution in [0.2, 0.25) is 0 Å². The van der Waals surface area contributed by atoms with Crippen LogP contribution in [0.25, 0.3) is 0 Å². The van der Waals surface area contributed by atoms with E-state index in [0.29, 0.717) is 6.04 Å². The average molecular weight is 262 g/mol. The third-order valence-corrected chi connectivity index (χ3v) is 4.43. The minimum Gasteiger partial charge on any atom is -0.391 e. The van der Waals surface area contributed by atoms with Crippen molar-refractivity contribution >= 4 is 0 Å². The zero-order valence-electron chi connectivity index (χ0n) is 12.1. The van der Waals surface area contributed by atoms with E-state index in [-0.39, 0.29) is 6.10 Å². The van der Waals surface area contributed by atoms with Crippen LogP contribution < -0.4 is 0 Å². The van der Waals surface area contributed by atoms with Gasteiger partial charge in [-0.15, -0.1) is 0 Å². The number of hydrogen-bond acceptors (Lipinski definition) is 3. The summed E-state index contributed by atoms with van der Waals surface area (Å²) in [6.07, 6.45) is 6.14. The first-order valence-electron chi connectivity index (χ1n) is 7.56. The normalized spacial score (nSPS) is 27.7. The van der Waals surface area contributed by atoms with Gasteiger partial charge in [-0.25, -0.2) is 0 Å². The van der Waals surface area contributed by atoms with Crippen molar-refractivity contribution in [2.75, 3.05) is 6.54 Å². The Morgan fingerprint density at radius 3 is 2.79 bits per heavy atom. The molecule has 0 amide bonds. The molecular weight excluding hydrogens is 236 g/mol. The summed E-state index contributed by atoms with van der Waals surface area (Å²) in [6.45, 7) is 6.24. The maximum Gasteiger partial charge on any atom is 0.0695 e. The van der Waals surface area contributed by atoms with E-state index in [4.69, 9.17) is 0 Å². The van der Waals surface area contributed by atoms with E-state index in [2.05, 4.69) is 29.8 Å². The molecule has 0 bridgehead atoms. The summed E-state index contributed by atoms with van der Waals surface area (Å²) in [6, 6.07) is 6.34. The first kappa shape index (κ1) is 14.5. The Morgan fingerprint density at radius 1 is 1.32 bits per heavy atom. The van der Waals surface area contributed by atoms with Crippen molar-refractivity contribution < 1.29 is 5.11 Å². The molecule has 1 N–H and O–H groups in total. The lowest BCUT2D eigenvalue weighted by molar-refractivity contribution is 0.000372. The van der Waals surface area contributed by atoms with Gasteiger partial charge in [-0.05, 0) is 43.9 Å². The lowest BCUT2D eigenvalue weighted by Crippen LogP contribution is -2.47. The van der Waals surface area contributed by atoms with E-state index in [1.54, 1.807) is 0 Å². The predicted octanol–water partition coefficient (Wildman–Crippen LogP) is 2.84. The molecule has 1 saturated carbocycles. The van der Waals surface area contributed by atoms with E-state index in [9.17, 15) is 5.11 Å². The molecule has 3 nitrogen and oxygen atoms in total. The Morgan fingerprint density at radius 2 is 2.16 bits per heavy atom. The molecule has 1 aromatic rings. The Hall–Kier alpha value is -0.930. The van der Waals surface area contributed by atoms with Crippen molar-refractivity contribution in [2.45, 2.75) is 58.2 Å². The monoisotopic (exact) mass is 262 g/mol. The minimum absolute atomic E-state index is 0.175. The fraction of sp³-hybridized carbons (Fsp3) is 0.688. The van der Waals surface area contributed by atoms with Crippen molar-refractivity contribution in [1.82, 2.24) is 9.88 Å². The van der Waals surface area contributed by atoms with E-state index in [1.165, 1.54) is 12.8 Å². The van der Waals surface area contributed by atoms with Crippen LogP contribution in [0.3, 0.4) is 0 Å². The molecule has 2 rings (SSSR count). The number of aliphatic hydroxyl groups excluding tert-OH is 1. The third kappa shape index (κ3) is 3.77. The van der Waals surface area contributed by atoms with E-state index >= 15 is 0 Å². The van der Waals surface area contributed by atoms with Gasteiger partial charge in [-0.3, -0.25) is 9.88 Å². The van der Waals surface area contributed by atoms with Crippen LogP contribution in [0.1, 0.15) is 45.2 Å². The van der Waals surface area contributed by atoms with Gasteiger partial charge in [0, 0.05) is 18.8 Å². The quantitative estimate of drug-likeness (QED) is 0.886. The molecule has 3 atom stereocenters. The molecule has 0 radical (unpaired) electrons. The number of pyridine rings is 1. The largest absolute Gasteiger partial charge is 0.391 e. The van der Waals surface area contributed by atoms with Crippen LogP contribution >= 0.6 is 0 Å². The van der Waals surface area contributed by atoms with Gasteiger partial charge in [0.1, 0.15) is 0 Å². The van der Waals surface area contributed by atoms with Crippen molar-refractivity contribution in [3.63, 3.8) is 0 Å². The Kier molecular flexibility index (Phi) is 5.34. The molecular formula is C16H26N2O. The summed E-state index contributed by atoms with van der Waals surface area (Å²) in [4.78, 5) is 6.79. The second-order valence-corrected chi connectivity index (χ2v) is 5.61. The highest BCUT2D eigenvalue weighted by Crippen LogP contribution is 2.30. The standard InChI is InChI=1S/C16H26N2O/c1-3-13-8-9-16(19)15(11-13)18(4-2)12-14-7-5-6-10-17-14/h5-7,10,13,15-16,19H,3-4,8-9,11-12H2,1-2H3. The van der Waals surface area contributed by atoms with E-state index < -0.39 is 0 Å². The summed E-state index contributed by atoms with van der Waals surface area (Å²) in [5.74, 6) is 0.770. The number of hydrogen-bond donors (Lipinski definition) is 1. The predicted molar refractivity (Wildman–Crippen MR) is 77.7 cm³/mol. The second-order valence-electron chi connectivity index (χ2n) is 5.61.